The van der Waals surface area contributed by atoms with Gasteiger partial charge in [-0.05, 0) is 51.7 Å². The van der Waals surface area contributed by atoms with Gasteiger partial charge in [0, 0.05) is 19.6 Å². The maximum atomic E-state index is 4.62. The molecule has 0 atom stereocenters. The van der Waals surface area contributed by atoms with E-state index in [1.165, 1.54) is 38.9 Å². The quantitative estimate of drug-likeness (QED) is 0.420. The molecule has 1 fully saturated rings. The van der Waals surface area contributed by atoms with Crippen molar-refractivity contribution < 1.29 is 0 Å². The van der Waals surface area contributed by atoms with Crippen LogP contribution < -0.4 is 10.6 Å². The van der Waals surface area contributed by atoms with Crippen LogP contribution in [0.1, 0.15) is 33.1 Å². The van der Waals surface area contributed by atoms with Crippen LogP contribution in [0.25, 0.3) is 0 Å². The summed E-state index contributed by atoms with van der Waals surface area (Å²) in [6, 6.07) is 0. The lowest BCUT2D eigenvalue weighted by Crippen LogP contribution is -2.37. The predicted molar refractivity (Wildman–Crippen MR) is 83.6 cm³/mol. The Balaban J connectivity index is 2.24. The number of likely N-dealkylation sites (tertiary alicyclic amines) is 1. The number of hydrogen-bond donors (Lipinski definition) is 2. The third-order valence-electron chi connectivity index (χ3n) is 3.72. The lowest BCUT2D eigenvalue weighted by atomic mass is 9.94. The Labute approximate surface area is 118 Å². The van der Waals surface area contributed by atoms with E-state index in [0.29, 0.717) is 0 Å². The predicted octanol–water partition coefficient (Wildman–Crippen LogP) is 1.85. The topological polar surface area (TPSA) is 39.7 Å². The van der Waals surface area contributed by atoms with Gasteiger partial charge in [-0.1, -0.05) is 13.0 Å². The van der Waals surface area contributed by atoms with Crippen molar-refractivity contribution in [2.45, 2.75) is 33.1 Å². The van der Waals surface area contributed by atoms with E-state index in [9.17, 15) is 0 Å². The third kappa shape index (κ3) is 6.62. The molecule has 0 unspecified atom stereocenters. The molecule has 1 heterocycles. The van der Waals surface area contributed by atoms with Crippen LogP contribution in [0.4, 0.5) is 0 Å². The van der Waals surface area contributed by atoms with E-state index in [0.717, 1.165) is 31.5 Å². The minimum atomic E-state index is 0.765. The van der Waals surface area contributed by atoms with Crippen molar-refractivity contribution in [2.24, 2.45) is 10.9 Å². The van der Waals surface area contributed by atoms with E-state index in [1.807, 2.05) is 6.08 Å². The number of rotatable bonds is 7. The van der Waals surface area contributed by atoms with Gasteiger partial charge in [0.1, 0.15) is 0 Å². The van der Waals surface area contributed by atoms with Gasteiger partial charge in [0.05, 0.1) is 0 Å². The molecule has 1 aliphatic rings. The highest BCUT2D eigenvalue weighted by Gasteiger charge is 2.17. The second kappa shape index (κ2) is 9.84. The Morgan fingerprint density at radius 1 is 1.32 bits per heavy atom. The molecule has 4 heteroatoms. The van der Waals surface area contributed by atoms with Crippen LogP contribution in [-0.2, 0) is 0 Å². The maximum absolute atomic E-state index is 4.62. The van der Waals surface area contributed by atoms with E-state index < -0.39 is 0 Å². The van der Waals surface area contributed by atoms with Crippen molar-refractivity contribution in [2.75, 3.05) is 39.3 Å². The first-order valence-corrected chi connectivity index (χ1v) is 7.65. The molecule has 0 aromatic heterocycles. The van der Waals surface area contributed by atoms with Crippen molar-refractivity contribution in [3.05, 3.63) is 12.7 Å². The number of nitrogens with zero attached hydrogens (tertiary/aromatic N) is 2. The number of nitrogens with one attached hydrogen (secondary N) is 2. The molecule has 0 amide bonds. The normalized spacial score (nSPS) is 18.3. The number of hydrogen-bond acceptors (Lipinski definition) is 2. The monoisotopic (exact) mass is 266 g/mol. The first-order chi connectivity index (χ1) is 9.30. The fraction of sp³-hybridized carbons (Fsp3) is 0.800. The minimum Gasteiger partial charge on any atom is -0.357 e. The van der Waals surface area contributed by atoms with E-state index in [2.05, 4.69) is 41.0 Å². The Morgan fingerprint density at radius 3 is 2.63 bits per heavy atom. The average molecular weight is 266 g/mol. The molecule has 0 aliphatic carbocycles. The van der Waals surface area contributed by atoms with Crippen LogP contribution in [0.5, 0.6) is 0 Å². The highest BCUT2D eigenvalue weighted by molar-refractivity contribution is 5.79. The smallest absolute Gasteiger partial charge is 0.191 e. The Hall–Kier alpha value is -1.03. The second-order valence-corrected chi connectivity index (χ2v) is 5.10. The summed E-state index contributed by atoms with van der Waals surface area (Å²) >= 11 is 0. The van der Waals surface area contributed by atoms with Crippen LogP contribution in [0.2, 0.25) is 0 Å². The summed E-state index contributed by atoms with van der Waals surface area (Å²) in [6.45, 7) is 14.4. The van der Waals surface area contributed by atoms with E-state index in [4.69, 9.17) is 0 Å². The van der Waals surface area contributed by atoms with E-state index in [1.54, 1.807) is 0 Å². The van der Waals surface area contributed by atoms with Crippen LogP contribution in [0.3, 0.4) is 0 Å². The zero-order valence-corrected chi connectivity index (χ0v) is 12.6. The molecule has 2 N–H and O–H groups in total. The van der Waals surface area contributed by atoms with E-state index in [-0.39, 0.29) is 0 Å². The fourth-order valence-corrected chi connectivity index (χ4v) is 2.46. The zero-order valence-electron chi connectivity index (χ0n) is 12.6. The lowest BCUT2D eigenvalue weighted by Gasteiger charge is -2.30. The molecule has 0 bridgehead atoms. The molecule has 4 nitrogen and oxygen atoms in total. The summed E-state index contributed by atoms with van der Waals surface area (Å²) < 4.78 is 0. The van der Waals surface area contributed by atoms with E-state index >= 15 is 0 Å². The first kappa shape index (κ1) is 16.0. The summed E-state index contributed by atoms with van der Waals surface area (Å²) in [7, 11) is 0. The summed E-state index contributed by atoms with van der Waals surface area (Å²) in [5.74, 6) is 1.77. The number of piperidine rings is 1. The molecule has 0 radical (unpaired) electrons. The van der Waals surface area contributed by atoms with Gasteiger partial charge in [-0.3, -0.25) is 4.99 Å². The van der Waals surface area contributed by atoms with Crippen molar-refractivity contribution in [1.82, 2.24) is 15.5 Å². The zero-order chi connectivity index (χ0) is 13.9. The molecule has 0 saturated carbocycles. The van der Waals surface area contributed by atoms with Gasteiger partial charge in [-0.2, -0.15) is 0 Å². The van der Waals surface area contributed by atoms with Crippen LogP contribution in [0, 0.1) is 5.92 Å². The summed E-state index contributed by atoms with van der Waals surface area (Å²) in [5.41, 5.74) is 0. The molecule has 0 aromatic rings. The van der Waals surface area contributed by atoms with Gasteiger partial charge in [-0.15, -0.1) is 6.58 Å². The van der Waals surface area contributed by atoms with Gasteiger partial charge in [0.25, 0.3) is 0 Å². The maximum Gasteiger partial charge on any atom is 0.191 e. The lowest BCUT2D eigenvalue weighted by molar-refractivity contribution is 0.188. The summed E-state index contributed by atoms with van der Waals surface area (Å²) in [4.78, 5) is 7.15. The van der Waals surface area contributed by atoms with Crippen molar-refractivity contribution in [3.8, 4) is 0 Å². The van der Waals surface area contributed by atoms with Gasteiger partial charge in [-0.25, -0.2) is 0 Å². The summed E-state index contributed by atoms with van der Waals surface area (Å²) in [5, 5.41) is 6.49. The Bertz CT molecular complexity index is 267. The van der Waals surface area contributed by atoms with Crippen LogP contribution in [-0.4, -0.2) is 50.1 Å². The highest BCUT2D eigenvalue weighted by atomic mass is 15.2. The van der Waals surface area contributed by atoms with Gasteiger partial charge in [0.15, 0.2) is 5.96 Å². The second-order valence-electron chi connectivity index (χ2n) is 5.10. The number of guanidine groups is 1. The minimum absolute atomic E-state index is 0.765. The van der Waals surface area contributed by atoms with Crippen LogP contribution in [0.15, 0.2) is 17.6 Å². The molecular formula is C15H30N4. The van der Waals surface area contributed by atoms with Gasteiger partial charge < -0.3 is 15.5 Å². The first-order valence-electron chi connectivity index (χ1n) is 7.65. The summed E-state index contributed by atoms with van der Waals surface area (Å²) in [6.07, 6.45) is 5.73. The number of aliphatic imine (C=N–C) groups is 1. The molecule has 1 rings (SSSR count). The fourth-order valence-electron chi connectivity index (χ4n) is 2.46. The molecule has 110 valence electrons. The third-order valence-corrected chi connectivity index (χ3v) is 3.72. The molecule has 0 aromatic carbocycles. The Kier molecular flexibility index (Phi) is 8.30. The average Bonchev–Trinajstić information content (AvgIpc) is 2.45. The van der Waals surface area contributed by atoms with Gasteiger partial charge in [0.2, 0.25) is 0 Å². The molecular weight excluding hydrogens is 236 g/mol. The molecule has 1 saturated heterocycles. The molecule has 0 spiro atoms. The highest BCUT2D eigenvalue weighted by Crippen LogP contribution is 2.19. The SMILES string of the molecule is C=CCNC(=NCCC1CCN(CC)CC1)NCC. The van der Waals surface area contributed by atoms with Crippen LogP contribution >= 0.6 is 0 Å². The Morgan fingerprint density at radius 2 is 2.05 bits per heavy atom. The van der Waals surface area contributed by atoms with Crippen molar-refractivity contribution in [1.29, 1.82) is 0 Å². The van der Waals surface area contributed by atoms with Crippen molar-refractivity contribution >= 4 is 5.96 Å². The standard InChI is InChI=1S/C15H30N4/c1-4-10-17-15(16-5-2)18-11-7-14-8-12-19(6-3)13-9-14/h4,14H,1,5-13H2,2-3H3,(H2,16,17,18). The molecule has 1 aliphatic heterocycles. The largest absolute Gasteiger partial charge is 0.357 e. The van der Waals surface area contributed by atoms with Gasteiger partial charge >= 0.3 is 0 Å². The van der Waals surface area contributed by atoms with Crippen molar-refractivity contribution in [3.63, 3.8) is 0 Å². The molecule has 19 heavy (non-hydrogen) atoms.